The molecule has 3 nitrogen and oxygen atoms in total. The largest absolute Gasteiger partial charge is 0.416 e. The second-order valence-electron chi connectivity index (χ2n) is 7.67. The molecule has 0 N–H and O–H groups in total. The predicted molar refractivity (Wildman–Crippen MR) is 94.6 cm³/mol. The van der Waals surface area contributed by atoms with Gasteiger partial charge in [-0.2, -0.15) is 13.2 Å². The van der Waals surface area contributed by atoms with E-state index in [1.807, 2.05) is 4.90 Å². The van der Waals surface area contributed by atoms with Crippen molar-refractivity contribution < 1.29 is 18.0 Å². The van der Waals surface area contributed by atoms with Gasteiger partial charge in [0.25, 0.3) is 0 Å². The second kappa shape index (κ2) is 7.99. The average Bonchev–Trinajstić information content (AvgIpc) is 2.62. The number of amides is 1. The molecule has 0 aromatic heterocycles. The maximum atomic E-state index is 12.8. The van der Waals surface area contributed by atoms with E-state index in [0.717, 1.165) is 69.4 Å². The van der Waals surface area contributed by atoms with Crippen molar-refractivity contribution in [1.82, 2.24) is 9.80 Å². The topological polar surface area (TPSA) is 23.6 Å². The Bertz CT molecular complexity index is 606. The van der Waals surface area contributed by atoms with Gasteiger partial charge in [0.1, 0.15) is 0 Å². The van der Waals surface area contributed by atoms with Crippen molar-refractivity contribution in [3.05, 3.63) is 35.4 Å². The fourth-order valence-corrected chi connectivity index (χ4v) is 3.98. The number of likely N-dealkylation sites (tertiary alicyclic amines) is 2. The number of alkyl halides is 3. The standard InChI is InChI=1S/C20H27F3N2O/c1-15-9-12-24(13-10-15)19(26)14-25-11-3-2-4-18(25)16-5-7-17(8-6-16)20(21,22)23/h5-8,15,18H,2-4,9-14H2,1H3. The van der Waals surface area contributed by atoms with Crippen LogP contribution in [0, 0.1) is 5.92 Å². The summed E-state index contributed by atoms with van der Waals surface area (Å²) in [5.41, 5.74) is 0.250. The van der Waals surface area contributed by atoms with Gasteiger partial charge in [-0.3, -0.25) is 9.69 Å². The smallest absolute Gasteiger partial charge is 0.342 e. The Morgan fingerprint density at radius 3 is 2.31 bits per heavy atom. The molecule has 2 heterocycles. The van der Waals surface area contributed by atoms with Gasteiger partial charge in [-0.15, -0.1) is 0 Å². The summed E-state index contributed by atoms with van der Waals surface area (Å²) in [7, 11) is 0. The molecule has 1 unspecified atom stereocenters. The minimum Gasteiger partial charge on any atom is -0.342 e. The summed E-state index contributed by atoms with van der Waals surface area (Å²) in [6.07, 6.45) is 0.739. The monoisotopic (exact) mass is 368 g/mol. The lowest BCUT2D eigenvalue weighted by Crippen LogP contribution is -2.46. The van der Waals surface area contributed by atoms with Crippen molar-refractivity contribution >= 4 is 5.91 Å². The highest BCUT2D eigenvalue weighted by molar-refractivity contribution is 5.78. The molecule has 0 spiro atoms. The van der Waals surface area contributed by atoms with E-state index >= 15 is 0 Å². The van der Waals surface area contributed by atoms with Crippen LogP contribution in [0.5, 0.6) is 0 Å². The lowest BCUT2D eigenvalue weighted by molar-refractivity contribution is -0.137. The molecule has 144 valence electrons. The molecule has 2 fully saturated rings. The van der Waals surface area contributed by atoms with Crippen LogP contribution in [0.2, 0.25) is 0 Å². The fourth-order valence-electron chi connectivity index (χ4n) is 3.98. The quantitative estimate of drug-likeness (QED) is 0.785. The molecule has 1 atom stereocenters. The Balaban J connectivity index is 1.67. The molecule has 3 rings (SSSR count). The zero-order chi connectivity index (χ0) is 18.7. The van der Waals surface area contributed by atoms with E-state index in [-0.39, 0.29) is 11.9 Å². The van der Waals surface area contributed by atoms with E-state index in [1.54, 1.807) is 12.1 Å². The number of nitrogens with zero attached hydrogens (tertiary/aromatic N) is 2. The van der Waals surface area contributed by atoms with Crippen molar-refractivity contribution in [1.29, 1.82) is 0 Å². The lowest BCUT2D eigenvalue weighted by atomic mass is 9.94. The van der Waals surface area contributed by atoms with Gasteiger partial charge in [0.05, 0.1) is 12.1 Å². The van der Waals surface area contributed by atoms with Crippen molar-refractivity contribution in [2.75, 3.05) is 26.2 Å². The van der Waals surface area contributed by atoms with Gasteiger partial charge < -0.3 is 4.90 Å². The van der Waals surface area contributed by atoms with Crippen LogP contribution in [-0.4, -0.2) is 41.9 Å². The van der Waals surface area contributed by atoms with E-state index < -0.39 is 11.7 Å². The minimum absolute atomic E-state index is 0.0266. The lowest BCUT2D eigenvalue weighted by Gasteiger charge is -2.38. The Hall–Kier alpha value is -1.56. The van der Waals surface area contributed by atoms with Crippen LogP contribution < -0.4 is 0 Å². The highest BCUT2D eigenvalue weighted by atomic mass is 19.4. The van der Waals surface area contributed by atoms with Crippen LogP contribution >= 0.6 is 0 Å². The summed E-state index contributed by atoms with van der Waals surface area (Å²) in [5.74, 6) is 0.824. The molecule has 2 aliphatic heterocycles. The van der Waals surface area contributed by atoms with E-state index in [4.69, 9.17) is 0 Å². The van der Waals surface area contributed by atoms with Gasteiger partial charge >= 0.3 is 6.18 Å². The summed E-state index contributed by atoms with van der Waals surface area (Å²) in [6.45, 7) is 5.03. The number of carbonyl (C=O) groups excluding carboxylic acids is 1. The predicted octanol–water partition coefficient (Wildman–Crippen LogP) is 4.49. The first-order valence-electron chi connectivity index (χ1n) is 9.53. The van der Waals surface area contributed by atoms with Gasteiger partial charge in [0, 0.05) is 19.1 Å². The molecule has 1 aromatic rings. The summed E-state index contributed by atoms with van der Waals surface area (Å²) >= 11 is 0. The molecular formula is C20H27F3N2O. The molecule has 0 aliphatic carbocycles. The van der Waals surface area contributed by atoms with Crippen molar-refractivity contribution in [3.63, 3.8) is 0 Å². The molecular weight excluding hydrogens is 341 g/mol. The first-order chi connectivity index (χ1) is 12.3. The SMILES string of the molecule is CC1CCN(C(=O)CN2CCCCC2c2ccc(C(F)(F)F)cc2)CC1. The third kappa shape index (κ3) is 4.58. The maximum Gasteiger partial charge on any atom is 0.416 e. The van der Waals surface area contributed by atoms with Gasteiger partial charge in [-0.05, 0) is 55.8 Å². The molecule has 0 radical (unpaired) electrons. The third-order valence-electron chi connectivity index (χ3n) is 5.71. The Morgan fingerprint density at radius 2 is 1.69 bits per heavy atom. The van der Waals surface area contributed by atoms with Crippen LogP contribution in [0.25, 0.3) is 0 Å². The summed E-state index contributed by atoms with van der Waals surface area (Å²) in [5, 5.41) is 0. The van der Waals surface area contributed by atoms with Crippen molar-refractivity contribution in [3.8, 4) is 0 Å². The normalized spacial score (nSPS) is 23.2. The highest BCUT2D eigenvalue weighted by Gasteiger charge is 2.32. The molecule has 2 aliphatic rings. The Morgan fingerprint density at radius 1 is 1.04 bits per heavy atom. The average molecular weight is 368 g/mol. The number of hydrogen-bond acceptors (Lipinski definition) is 2. The third-order valence-corrected chi connectivity index (χ3v) is 5.71. The van der Waals surface area contributed by atoms with Gasteiger partial charge in [-0.25, -0.2) is 0 Å². The van der Waals surface area contributed by atoms with Crippen LogP contribution in [0.4, 0.5) is 13.2 Å². The highest BCUT2D eigenvalue weighted by Crippen LogP contribution is 2.34. The number of hydrogen-bond donors (Lipinski definition) is 0. The summed E-state index contributed by atoms with van der Waals surface area (Å²) < 4.78 is 38.3. The van der Waals surface area contributed by atoms with Crippen LogP contribution in [-0.2, 0) is 11.0 Å². The fraction of sp³-hybridized carbons (Fsp3) is 0.650. The number of rotatable bonds is 3. The number of carbonyl (C=O) groups is 1. The molecule has 26 heavy (non-hydrogen) atoms. The first-order valence-corrected chi connectivity index (χ1v) is 9.53. The van der Waals surface area contributed by atoms with Crippen LogP contribution in [0.3, 0.4) is 0 Å². The zero-order valence-corrected chi connectivity index (χ0v) is 15.3. The van der Waals surface area contributed by atoms with Gasteiger partial charge in [0.2, 0.25) is 5.91 Å². The van der Waals surface area contributed by atoms with E-state index in [1.165, 1.54) is 0 Å². The summed E-state index contributed by atoms with van der Waals surface area (Å²) in [4.78, 5) is 16.8. The Labute approximate surface area is 153 Å². The number of piperidine rings is 2. The second-order valence-corrected chi connectivity index (χ2v) is 7.67. The van der Waals surface area contributed by atoms with Crippen LogP contribution in [0.1, 0.15) is 56.2 Å². The van der Waals surface area contributed by atoms with Gasteiger partial charge in [-0.1, -0.05) is 25.5 Å². The summed E-state index contributed by atoms with van der Waals surface area (Å²) in [6, 6.07) is 5.46. The molecule has 1 amide bonds. The Kier molecular flexibility index (Phi) is 5.90. The molecule has 0 bridgehead atoms. The molecule has 6 heteroatoms. The molecule has 2 saturated heterocycles. The number of benzene rings is 1. The van der Waals surface area contributed by atoms with Crippen LogP contribution in [0.15, 0.2) is 24.3 Å². The first kappa shape index (κ1) is 19.2. The van der Waals surface area contributed by atoms with Crippen molar-refractivity contribution in [2.24, 2.45) is 5.92 Å². The maximum absolute atomic E-state index is 12.8. The van der Waals surface area contributed by atoms with E-state index in [9.17, 15) is 18.0 Å². The number of halogens is 3. The molecule has 0 saturated carbocycles. The minimum atomic E-state index is -4.31. The van der Waals surface area contributed by atoms with E-state index in [0.29, 0.717) is 12.5 Å². The van der Waals surface area contributed by atoms with Crippen molar-refractivity contribution in [2.45, 2.75) is 51.2 Å². The van der Waals surface area contributed by atoms with Gasteiger partial charge in [0.15, 0.2) is 0 Å². The van der Waals surface area contributed by atoms with E-state index in [2.05, 4.69) is 11.8 Å². The molecule has 1 aromatic carbocycles. The zero-order valence-electron chi connectivity index (χ0n) is 15.3.